The van der Waals surface area contributed by atoms with E-state index in [-0.39, 0.29) is 18.4 Å². The zero-order valence-corrected chi connectivity index (χ0v) is 16.2. The quantitative estimate of drug-likeness (QED) is 0.808. The molecule has 6 nitrogen and oxygen atoms in total. The van der Waals surface area contributed by atoms with Crippen molar-refractivity contribution in [2.75, 3.05) is 18.4 Å². The van der Waals surface area contributed by atoms with E-state index in [0.717, 1.165) is 35.7 Å². The molecule has 1 aromatic heterocycles. The number of nitrogens with one attached hydrogen (secondary N) is 1. The zero-order valence-electron chi connectivity index (χ0n) is 14.7. The molecular weight excluding hydrogens is 396 g/mol. The van der Waals surface area contributed by atoms with Crippen LogP contribution in [0.2, 0.25) is 0 Å². The summed E-state index contributed by atoms with van der Waals surface area (Å²) in [4.78, 5) is 26.3. The van der Waals surface area contributed by atoms with E-state index in [9.17, 15) is 9.59 Å². The van der Waals surface area contributed by atoms with E-state index in [4.69, 9.17) is 0 Å². The van der Waals surface area contributed by atoms with Crippen molar-refractivity contribution in [1.29, 1.82) is 0 Å². The van der Waals surface area contributed by atoms with Crippen LogP contribution in [0.1, 0.15) is 37.7 Å². The molecule has 0 unspecified atom stereocenters. The summed E-state index contributed by atoms with van der Waals surface area (Å²) in [6, 6.07) is 9.73. The van der Waals surface area contributed by atoms with Crippen LogP contribution >= 0.6 is 15.9 Å². The monoisotopic (exact) mass is 418 g/mol. The number of amides is 2. The Kier molecular flexibility index (Phi) is 6.44. The van der Waals surface area contributed by atoms with Gasteiger partial charge in [0.05, 0.1) is 19.3 Å². The second kappa shape index (κ2) is 8.98. The fraction of sp³-hybridized carbons (Fsp3) is 0.421. The Hall–Kier alpha value is -2.15. The second-order valence-corrected chi connectivity index (χ2v) is 7.45. The summed E-state index contributed by atoms with van der Waals surface area (Å²) in [5.41, 5.74) is 1.08. The number of likely N-dealkylation sites (tertiary alicyclic amines) is 1. The van der Waals surface area contributed by atoms with Gasteiger partial charge in [-0.25, -0.2) is 4.68 Å². The lowest BCUT2D eigenvalue weighted by Gasteiger charge is -2.24. The van der Waals surface area contributed by atoms with Gasteiger partial charge in [-0.15, -0.1) is 0 Å². The highest BCUT2D eigenvalue weighted by molar-refractivity contribution is 9.10. The number of halogens is 1. The van der Waals surface area contributed by atoms with Crippen LogP contribution < -0.4 is 5.32 Å². The Bertz CT molecular complexity index is 774. The third kappa shape index (κ3) is 5.17. The second-order valence-electron chi connectivity index (χ2n) is 6.53. The summed E-state index contributed by atoms with van der Waals surface area (Å²) in [6.07, 6.45) is 6.28. The highest BCUT2D eigenvalue weighted by Crippen LogP contribution is 2.16. The SMILES string of the molecule is O=C(CN1CCCCCCC1=O)Nc1ccnn1Cc1cccc(Br)c1. The first-order chi connectivity index (χ1) is 12.6. The van der Waals surface area contributed by atoms with Crippen molar-refractivity contribution >= 4 is 33.6 Å². The first-order valence-electron chi connectivity index (χ1n) is 8.96. The van der Waals surface area contributed by atoms with E-state index in [0.29, 0.717) is 25.3 Å². The topological polar surface area (TPSA) is 67.2 Å². The van der Waals surface area contributed by atoms with Gasteiger partial charge in [-0.3, -0.25) is 9.59 Å². The number of hydrogen-bond donors (Lipinski definition) is 1. The lowest BCUT2D eigenvalue weighted by molar-refractivity contribution is -0.135. The molecule has 3 rings (SSSR count). The van der Waals surface area contributed by atoms with Crippen molar-refractivity contribution in [2.24, 2.45) is 0 Å². The number of carbonyl (C=O) groups excluding carboxylic acids is 2. The summed E-state index contributed by atoms with van der Waals surface area (Å²) in [7, 11) is 0. The highest BCUT2D eigenvalue weighted by Gasteiger charge is 2.19. The van der Waals surface area contributed by atoms with Crippen LogP contribution in [0.5, 0.6) is 0 Å². The minimum Gasteiger partial charge on any atom is -0.333 e. The van der Waals surface area contributed by atoms with Crippen LogP contribution in [-0.2, 0) is 16.1 Å². The lowest BCUT2D eigenvalue weighted by Crippen LogP contribution is -2.39. The average Bonchev–Trinajstić information content (AvgIpc) is 3.01. The summed E-state index contributed by atoms with van der Waals surface area (Å²) < 4.78 is 2.75. The molecule has 2 amide bonds. The predicted molar refractivity (Wildman–Crippen MR) is 104 cm³/mol. The summed E-state index contributed by atoms with van der Waals surface area (Å²) in [6.45, 7) is 1.31. The Labute approximate surface area is 161 Å². The average molecular weight is 419 g/mol. The smallest absolute Gasteiger partial charge is 0.245 e. The van der Waals surface area contributed by atoms with Crippen LogP contribution in [0.25, 0.3) is 0 Å². The first kappa shape index (κ1) is 18.6. The molecule has 26 heavy (non-hydrogen) atoms. The van der Waals surface area contributed by atoms with E-state index in [1.54, 1.807) is 21.8 Å². The van der Waals surface area contributed by atoms with Gasteiger partial charge < -0.3 is 10.2 Å². The number of rotatable bonds is 5. The van der Waals surface area contributed by atoms with E-state index in [1.165, 1.54) is 0 Å². The van der Waals surface area contributed by atoms with E-state index in [2.05, 4.69) is 26.3 Å². The molecule has 1 aliphatic heterocycles. The van der Waals surface area contributed by atoms with Crippen molar-refractivity contribution in [3.05, 3.63) is 46.6 Å². The predicted octanol–water partition coefficient (Wildman–Crippen LogP) is 3.43. The summed E-state index contributed by atoms with van der Waals surface area (Å²) in [5, 5.41) is 7.17. The molecule has 0 spiro atoms. The lowest BCUT2D eigenvalue weighted by atomic mass is 10.1. The number of carbonyl (C=O) groups is 2. The Balaban J connectivity index is 1.61. The van der Waals surface area contributed by atoms with Crippen LogP contribution in [0, 0.1) is 0 Å². The van der Waals surface area contributed by atoms with Crippen LogP contribution in [-0.4, -0.2) is 39.6 Å². The molecule has 0 aliphatic carbocycles. The molecule has 0 saturated carbocycles. The summed E-state index contributed by atoms with van der Waals surface area (Å²) >= 11 is 3.46. The molecule has 0 radical (unpaired) electrons. The van der Waals surface area contributed by atoms with Crippen molar-refractivity contribution in [3.63, 3.8) is 0 Å². The molecule has 0 atom stereocenters. The van der Waals surface area contributed by atoms with Gasteiger partial charge in [-0.1, -0.05) is 40.9 Å². The minimum absolute atomic E-state index is 0.0718. The molecule has 138 valence electrons. The number of benzene rings is 1. The van der Waals surface area contributed by atoms with Crippen molar-refractivity contribution < 1.29 is 9.59 Å². The summed E-state index contributed by atoms with van der Waals surface area (Å²) in [5.74, 6) is 0.520. The van der Waals surface area contributed by atoms with E-state index < -0.39 is 0 Å². The van der Waals surface area contributed by atoms with Gasteiger partial charge in [-0.2, -0.15) is 5.10 Å². The fourth-order valence-corrected chi connectivity index (χ4v) is 3.56. The Morgan fingerprint density at radius 1 is 1.19 bits per heavy atom. The molecule has 1 aliphatic rings. The number of nitrogens with zero attached hydrogens (tertiary/aromatic N) is 3. The third-order valence-corrected chi connectivity index (χ3v) is 4.95. The van der Waals surface area contributed by atoms with Gasteiger partial charge in [0.15, 0.2) is 0 Å². The van der Waals surface area contributed by atoms with Crippen molar-refractivity contribution in [1.82, 2.24) is 14.7 Å². The minimum atomic E-state index is -0.185. The molecule has 0 bridgehead atoms. The maximum atomic E-state index is 12.4. The van der Waals surface area contributed by atoms with E-state index in [1.807, 2.05) is 24.3 Å². The van der Waals surface area contributed by atoms with Crippen molar-refractivity contribution in [3.8, 4) is 0 Å². The molecule has 1 saturated heterocycles. The molecule has 7 heteroatoms. The number of hydrogen-bond acceptors (Lipinski definition) is 3. The maximum absolute atomic E-state index is 12.4. The van der Waals surface area contributed by atoms with Gasteiger partial charge in [0.1, 0.15) is 5.82 Å². The van der Waals surface area contributed by atoms with Crippen LogP contribution in [0.15, 0.2) is 41.0 Å². The third-order valence-electron chi connectivity index (χ3n) is 4.46. The van der Waals surface area contributed by atoms with Crippen LogP contribution in [0.3, 0.4) is 0 Å². The zero-order chi connectivity index (χ0) is 18.4. The number of anilines is 1. The van der Waals surface area contributed by atoms with Gasteiger partial charge in [0.25, 0.3) is 0 Å². The molecule has 1 fully saturated rings. The van der Waals surface area contributed by atoms with Crippen LogP contribution in [0.4, 0.5) is 5.82 Å². The normalized spacial score (nSPS) is 15.4. The maximum Gasteiger partial charge on any atom is 0.245 e. The molecule has 1 N–H and O–H groups in total. The standard InChI is InChI=1S/C19H23BrN4O2/c20-16-7-5-6-15(12-16)13-24-17(9-10-21-24)22-18(25)14-23-11-4-2-1-3-8-19(23)26/h5-7,9-10,12H,1-4,8,11,13-14H2,(H,22,25). The van der Waals surface area contributed by atoms with Gasteiger partial charge in [-0.05, 0) is 30.5 Å². The highest BCUT2D eigenvalue weighted by atomic mass is 79.9. The van der Waals surface area contributed by atoms with Crippen molar-refractivity contribution in [2.45, 2.75) is 38.6 Å². The first-order valence-corrected chi connectivity index (χ1v) is 9.75. The number of aromatic nitrogens is 2. The molecule has 2 aromatic rings. The van der Waals surface area contributed by atoms with Gasteiger partial charge >= 0.3 is 0 Å². The Morgan fingerprint density at radius 3 is 2.88 bits per heavy atom. The molecule has 2 heterocycles. The largest absolute Gasteiger partial charge is 0.333 e. The van der Waals surface area contributed by atoms with Gasteiger partial charge in [0.2, 0.25) is 11.8 Å². The molecule has 1 aromatic carbocycles. The van der Waals surface area contributed by atoms with E-state index >= 15 is 0 Å². The fourth-order valence-electron chi connectivity index (χ4n) is 3.11. The van der Waals surface area contributed by atoms with Gasteiger partial charge in [0, 0.05) is 23.5 Å². The molecular formula is C19H23BrN4O2. The Morgan fingerprint density at radius 2 is 2.04 bits per heavy atom.